The van der Waals surface area contributed by atoms with E-state index in [4.69, 9.17) is 0 Å². The highest BCUT2D eigenvalue weighted by molar-refractivity contribution is 8.00. The maximum Gasteiger partial charge on any atom is 0.446 e. The van der Waals surface area contributed by atoms with Gasteiger partial charge in [-0.3, -0.25) is 25.5 Å². The van der Waals surface area contributed by atoms with Crippen LogP contribution in [0.5, 0.6) is 0 Å². The Balaban J connectivity index is 1.38. The van der Waals surface area contributed by atoms with Gasteiger partial charge >= 0.3 is 5.51 Å². The molecule has 0 bridgehead atoms. The molecule has 2 aromatic carbocycles. The number of nitrogens with zero attached hydrogens (tertiary/aromatic N) is 3. The second kappa shape index (κ2) is 10.4. The Bertz CT molecular complexity index is 1110. The molecule has 0 saturated carbocycles. The zero-order valence-electron chi connectivity index (χ0n) is 18.4. The molecule has 178 valence electrons. The van der Waals surface area contributed by atoms with Crippen molar-refractivity contribution in [3.05, 3.63) is 84.2 Å². The first-order chi connectivity index (χ1) is 16.3. The molecule has 0 spiro atoms. The lowest BCUT2D eigenvalue weighted by Crippen LogP contribution is -2.32. The highest BCUT2D eigenvalue weighted by Crippen LogP contribution is 2.37. The van der Waals surface area contributed by atoms with E-state index in [0.717, 1.165) is 17.8 Å². The summed E-state index contributed by atoms with van der Waals surface area (Å²) in [4.78, 5) is 21.1. The van der Waals surface area contributed by atoms with Crippen molar-refractivity contribution in [2.45, 2.75) is 29.9 Å². The number of nitrogens with one attached hydrogen (secondary N) is 2. The number of hydrogen-bond acceptors (Lipinski definition) is 6. The number of carbonyl (C=O) groups is 1. The second-order valence-electron chi connectivity index (χ2n) is 7.98. The first-order valence-corrected chi connectivity index (χ1v) is 11.5. The molecule has 1 aliphatic heterocycles. The molecule has 1 aliphatic rings. The molecule has 3 aromatic rings. The SMILES string of the molecule is CC1CN(c2ccc(SC(F)(F)F)cc2)CN1Cc1ccncc1NNC(=O)c1ccccc1. The number of anilines is 2. The van der Waals surface area contributed by atoms with Gasteiger partial charge in [-0.05, 0) is 66.7 Å². The minimum absolute atomic E-state index is 0.110. The Morgan fingerprint density at radius 3 is 2.56 bits per heavy atom. The highest BCUT2D eigenvalue weighted by Gasteiger charge is 2.30. The lowest BCUT2D eigenvalue weighted by molar-refractivity contribution is -0.0328. The lowest BCUT2D eigenvalue weighted by Gasteiger charge is -2.22. The summed E-state index contributed by atoms with van der Waals surface area (Å²) in [5, 5.41) is 0. The van der Waals surface area contributed by atoms with Crippen LogP contribution in [0.4, 0.5) is 24.5 Å². The Morgan fingerprint density at radius 2 is 1.85 bits per heavy atom. The molecule has 1 saturated heterocycles. The molecule has 34 heavy (non-hydrogen) atoms. The third-order valence-corrected chi connectivity index (χ3v) is 6.27. The maximum absolute atomic E-state index is 12.6. The molecule has 1 aromatic heterocycles. The van der Waals surface area contributed by atoms with E-state index in [1.807, 2.05) is 12.1 Å². The second-order valence-corrected chi connectivity index (χ2v) is 9.12. The van der Waals surface area contributed by atoms with Crippen LogP contribution >= 0.6 is 11.8 Å². The highest BCUT2D eigenvalue weighted by atomic mass is 32.2. The number of aromatic nitrogens is 1. The number of alkyl halides is 3. The summed E-state index contributed by atoms with van der Waals surface area (Å²) < 4.78 is 37.8. The predicted octanol–water partition coefficient (Wildman–Crippen LogP) is 5.12. The van der Waals surface area contributed by atoms with Crippen molar-refractivity contribution in [2.24, 2.45) is 0 Å². The van der Waals surface area contributed by atoms with Gasteiger partial charge in [-0.15, -0.1) is 0 Å². The van der Waals surface area contributed by atoms with Gasteiger partial charge in [0, 0.05) is 41.5 Å². The van der Waals surface area contributed by atoms with E-state index in [9.17, 15) is 18.0 Å². The van der Waals surface area contributed by atoms with Crippen LogP contribution in [0.25, 0.3) is 0 Å². The van der Waals surface area contributed by atoms with Crippen molar-refractivity contribution in [3.63, 3.8) is 0 Å². The number of halogens is 3. The minimum atomic E-state index is -4.29. The fraction of sp³-hybridized carbons (Fsp3) is 0.250. The fourth-order valence-corrected chi connectivity index (χ4v) is 4.32. The number of benzene rings is 2. The summed E-state index contributed by atoms with van der Waals surface area (Å²) in [6.45, 7) is 4.11. The first-order valence-electron chi connectivity index (χ1n) is 10.7. The molecule has 1 fully saturated rings. The third-order valence-electron chi connectivity index (χ3n) is 5.53. The predicted molar refractivity (Wildman–Crippen MR) is 127 cm³/mol. The zero-order chi connectivity index (χ0) is 24.1. The van der Waals surface area contributed by atoms with E-state index in [-0.39, 0.29) is 28.6 Å². The Labute approximate surface area is 200 Å². The largest absolute Gasteiger partial charge is 0.446 e. The van der Waals surface area contributed by atoms with Crippen molar-refractivity contribution in [1.29, 1.82) is 0 Å². The fourth-order valence-electron chi connectivity index (χ4n) is 3.78. The van der Waals surface area contributed by atoms with Crippen LogP contribution in [0.15, 0.2) is 78.0 Å². The summed E-state index contributed by atoms with van der Waals surface area (Å²) in [5.41, 5.74) is 4.48. The lowest BCUT2D eigenvalue weighted by atomic mass is 10.2. The van der Waals surface area contributed by atoms with Gasteiger partial charge in [0.1, 0.15) is 0 Å². The molecular formula is C24H24F3N5OS. The van der Waals surface area contributed by atoms with Crippen LogP contribution in [0, 0.1) is 0 Å². The van der Waals surface area contributed by atoms with E-state index in [1.165, 1.54) is 12.1 Å². The Hall–Kier alpha value is -3.24. The third kappa shape index (κ3) is 6.21. The molecule has 1 atom stereocenters. The summed E-state index contributed by atoms with van der Waals surface area (Å²) >= 11 is -0.110. The molecule has 6 nitrogen and oxygen atoms in total. The monoisotopic (exact) mass is 487 g/mol. The van der Waals surface area contributed by atoms with Gasteiger partial charge in [0.25, 0.3) is 5.91 Å². The molecule has 10 heteroatoms. The van der Waals surface area contributed by atoms with Gasteiger partial charge in [0.15, 0.2) is 0 Å². The van der Waals surface area contributed by atoms with Gasteiger partial charge in [0.05, 0.1) is 18.6 Å². The van der Waals surface area contributed by atoms with Gasteiger partial charge in [-0.2, -0.15) is 13.2 Å². The van der Waals surface area contributed by atoms with Crippen LogP contribution in [-0.4, -0.2) is 40.6 Å². The number of pyridine rings is 1. The number of thioether (sulfide) groups is 1. The van der Waals surface area contributed by atoms with Gasteiger partial charge in [-0.25, -0.2) is 0 Å². The molecule has 2 N–H and O–H groups in total. The van der Waals surface area contributed by atoms with E-state index >= 15 is 0 Å². The van der Waals surface area contributed by atoms with E-state index in [1.54, 1.807) is 48.8 Å². The van der Waals surface area contributed by atoms with E-state index in [2.05, 4.69) is 32.6 Å². The normalized spacial score (nSPS) is 16.5. The number of hydrogen-bond donors (Lipinski definition) is 2. The first kappa shape index (κ1) is 23.9. The van der Waals surface area contributed by atoms with Crippen molar-refractivity contribution in [3.8, 4) is 0 Å². The van der Waals surface area contributed by atoms with Gasteiger partial charge in [0.2, 0.25) is 0 Å². The van der Waals surface area contributed by atoms with Crippen LogP contribution in [0.3, 0.4) is 0 Å². The van der Waals surface area contributed by atoms with Crippen molar-refractivity contribution in [1.82, 2.24) is 15.3 Å². The molecule has 4 rings (SSSR count). The smallest absolute Gasteiger partial charge is 0.357 e. The number of rotatable bonds is 7. The van der Waals surface area contributed by atoms with E-state index < -0.39 is 5.51 Å². The molecule has 1 unspecified atom stereocenters. The molecule has 0 aliphatic carbocycles. The standard InChI is InChI=1S/C24H24F3N5OS/c1-17-14-32(20-7-9-21(10-8-20)34-24(25,26)27)16-31(17)15-19-11-12-28-13-22(19)29-30-23(33)18-5-3-2-4-6-18/h2-13,17,29H,14-16H2,1H3,(H,30,33). The average Bonchev–Trinajstić information content (AvgIpc) is 3.18. The maximum atomic E-state index is 12.6. The van der Waals surface area contributed by atoms with Crippen LogP contribution in [0.1, 0.15) is 22.8 Å². The van der Waals surface area contributed by atoms with Crippen LogP contribution in [0.2, 0.25) is 0 Å². The molecule has 2 heterocycles. The zero-order valence-corrected chi connectivity index (χ0v) is 19.2. The summed E-state index contributed by atoms with van der Waals surface area (Å²) in [7, 11) is 0. The van der Waals surface area contributed by atoms with Crippen molar-refractivity contribution < 1.29 is 18.0 Å². The topological polar surface area (TPSA) is 60.5 Å². The van der Waals surface area contributed by atoms with Crippen LogP contribution < -0.4 is 15.8 Å². The summed E-state index contributed by atoms with van der Waals surface area (Å²) in [6.07, 6.45) is 3.37. The van der Waals surface area contributed by atoms with Crippen LogP contribution in [-0.2, 0) is 6.54 Å². The molecule has 1 amide bonds. The number of amides is 1. The Morgan fingerprint density at radius 1 is 1.12 bits per heavy atom. The quantitative estimate of drug-likeness (QED) is 0.357. The van der Waals surface area contributed by atoms with Crippen molar-refractivity contribution in [2.75, 3.05) is 23.5 Å². The average molecular weight is 488 g/mol. The Kier molecular flexibility index (Phi) is 7.28. The number of carbonyl (C=O) groups excluding carboxylic acids is 1. The molecular weight excluding hydrogens is 463 g/mol. The minimum Gasteiger partial charge on any atom is -0.357 e. The summed E-state index contributed by atoms with van der Waals surface area (Å²) in [6, 6.07) is 17.5. The number of hydrazine groups is 1. The van der Waals surface area contributed by atoms with E-state index in [0.29, 0.717) is 24.5 Å². The van der Waals surface area contributed by atoms with Crippen molar-refractivity contribution >= 4 is 29.0 Å². The summed E-state index contributed by atoms with van der Waals surface area (Å²) in [5.74, 6) is -0.247. The van der Waals surface area contributed by atoms with Gasteiger partial charge < -0.3 is 4.90 Å². The van der Waals surface area contributed by atoms with Gasteiger partial charge in [-0.1, -0.05) is 18.2 Å². The molecule has 0 radical (unpaired) electrons.